The van der Waals surface area contributed by atoms with Crippen LogP contribution in [0, 0.1) is 17.3 Å². The molecule has 94 valence electrons. The Morgan fingerprint density at radius 2 is 1.12 bits per heavy atom. The topological polar surface area (TPSA) is 0 Å². The third-order valence-electron chi connectivity index (χ3n) is 5.84. The van der Waals surface area contributed by atoms with Gasteiger partial charge in [-0.2, -0.15) is 0 Å². The second-order valence-electron chi connectivity index (χ2n) is 6.53. The van der Waals surface area contributed by atoms with Crippen LogP contribution in [0.1, 0.15) is 84.5 Å². The first kappa shape index (κ1) is 12.5. The Morgan fingerprint density at radius 3 is 1.44 bits per heavy atom. The lowest BCUT2D eigenvalue weighted by Gasteiger charge is -2.47. The maximum absolute atomic E-state index is 2.62. The number of hydrogen-bond donors (Lipinski definition) is 0. The van der Waals surface area contributed by atoms with Gasteiger partial charge < -0.3 is 0 Å². The zero-order chi connectivity index (χ0) is 11.4. The monoisotopic (exact) mass is 222 g/mol. The molecule has 2 saturated carbocycles. The average Bonchev–Trinajstić information content (AvgIpc) is 2.40. The van der Waals surface area contributed by atoms with Gasteiger partial charge in [-0.25, -0.2) is 0 Å². The van der Waals surface area contributed by atoms with E-state index in [2.05, 4.69) is 13.8 Å². The molecule has 0 saturated heterocycles. The first-order valence-electron chi connectivity index (χ1n) is 7.77. The van der Waals surface area contributed by atoms with Crippen LogP contribution in [0.15, 0.2) is 0 Å². The van der Waals surface area contributed by atoms with Crippen molar-refractivity contribution in [1.82, 2.24) is 0 Å². The molecule has 2 aliphatic rings. The van der Waals surface area contributed by atoms with Crippen LogP contribution in [0.4, 0.5) is 0 Å². The van der Waals surface area contributed by atoms with Crippen LogP contribution in [-0.4, -0.2) is 0 Å². The Bertz CT molecular complexity index is 176. The molecule has 2 rings (SSSR count). The van der Waals surface area contributed by atoms with Gasteiger partial charge in [0.05, 0.1) is 0 Å². The van der Waals surface area contributed by atoms with Gasteiger partial charge in [-0.1, -0.05) is 58.8 Å². The van der Waals surface area contributed by atoms with Crippen molar-refractivity contribution in [3.63, 3.8) is 0 Å². The second kappa shape index (κ2) is 5.56. The lowest BCUT2D eigenvalue weighted by atomic mass is 9.59. The molecule has 0 nitrogen and oxygen atoms in total. The van der Waals surface area contributed by atoms with Crippen molar-refractivity contribution in [2.45, 2.75) is 84.5 Å². The Labute approximate surface area is 102 Å². The van der Waals surface area contributed by atoms with Crippen molar-refractivity contribution in [2.24, 2.45) is 17.3 Å². The Morgan fingerprint density at radius 1 is 0.750 bits per heavy atom. The summed E-state index contributed by atoms with van der Waals surface area (Å²) in [4.78, 5) is 0. The van der Waals surface area contributed by atoms with E-state index in [1.54, 1.807) is 0 Å². The molecule has 0 aromatic heterocycles. The normalized spacial score (nSPS) is 25.9. The van der Waals surface area contributed by atoms with Crippen molar-refractivity contribution < 1.29 is 0 Å². The molecule has 0 unspecified atom stereocenters. The van der Waals surface area contributed by atoms with Crippen molar-refractivity contribution in [3.05, 3.63) is 0 Å². The summed E-state index contributed by atoms with van der Waals surface area (Å²) in [6.45, 7) is 5.07. The molecule has 0 aliphatic heterocycles. The molecular formula is C16H30. The molecule has 2 fully saturated rings. The molecular weight excluding hydrogens is 192 g/mol. The van der Waals surface area contributed by atoms with Crippen molar-refractivity contribution in [2.75, 3.05) is 0 Å². The Kier molecular flexibility index (Phi) is 4.33. The highest BCUT2D eigenvalue weighted by atomic mass is 14.4. The van der Waals surface area contributed by atoms with E-state index in [1.807, 2.05) is 0 Å². The Balaban J connectivity index is 2.03. The quantitative estimate of drug-likeness (QED) is 0.586. The van der Waals surface area contributed by atoms with Crippen LogP contribution in [0.5, 0.6) is 0 Å². The van der Waals surface area contributed by atoms with Crippen molar-refractivity contribution >= 4 is 0 Å². The van der Waals surface area contributed by atoms with E-state index in [0.717, 1.165) is 11.8 Å². The van der Waals surface area contributed by atoms with Crippen LogP contribution in [0.2, 0.25) is 0 Å². The summed E-state index contributed by atoms with van der Waals surface area (Å²) in [5.41, 5.74) is 0.681. The van der Waals surface area contributed by atoms with Gasteiger partial charge in [-0.15, -0.1) is 0 Å². The van der Waals surface area contributed by atoms with Gasteiger partial charge >= 0.3 is 0 Å². The van der Waals surface area contributed by atoms with Crippen LogP contribution < -0.4 is 0 Å². The predicted molar refractivity (Wildman–Crippen MR) is 71.5 cm³/mol. The number of hydrogen-bond acceptors (Lipinski definition) is 0. The fourth-order valence-corrected chi connectivity index (χ4v) is 4.43. The number of rotatable bonds is 3. The van der Waals surface area contributed by atoms with Crippen LogP contribution in [-0.2, 0) is 0 Å². The molecule has 0 aromatic rings. The van der Waals surface area contributed by atoms with Crippen molar-refractivity contribution in [3.8, 4) is 0 Å². The first-order valence-corrected chi connectivity index (χ1v) is 7.77. The van der Waals surface area contributed by atoms with Gasteiger partial charge in [0, 0.05) is 0 Å². The highest BCUT2D eigenvalue weighted by molar-refractivity contribution is 4.90. The van der Waals surface area contributed by atoms with E-state index in [9.17, 15) is 0 Å². The van der Waals surface area contributed by atoms with Gasteiger partial charge in [0.15, 0.2) is 0 Å². The van der Waals surface area contributed by atoms with Gasteiger partial charge in [0.2, 0.25) is 0 Å². The van der Waals surface area contributed by atoms with Gasteiger partial charge in [0.1, 0.15) is 0 Å². The van der Waals surface area contributed by atoms with Gasteiger partial charge in [-0.05, 0) is 42.9 Å². The minimum absolute atomic E-state index is 0.681. The fourth-order valence-electron chi connectivity index (χ4n) is 4.43. The Hall–Kier alpha value is 0. The van der Waals surface area contributed by atoms with Gasteiger partial charge in [-0.3, -0.25) is 0 Å². The lowest BCUT2D eigenvalue weighted by Crippen LogP contribution is -2.37. The summed E-state index contributed by atoms with van der Waals surface area (Å²) in [7, 11) is 0. The molecule has 0 heterocycles. The third kappa shape index (κ3) is 2.46. The molecule has 0 atom stereocenters. The van der Waals surface area contributed by atoms with E-state index in [4.69, 9.17) is 0 Å². The molecule has 0 aromatic carbocycles. The maximum Gasteiger partial charge on any atom is -0.0272 e. The van der Waals surface area contributed by atoms with Crippen LogP contribution >= 0.6 is 0 Å². The van der Waals surface area contributed by atoms with Crippen LogP contribution in [0.25, 0.3) is 0 Å². The van der Waals surface area contributed by atoms with E-state index in [1.165, 1.54) is 70.6 Å². The van der Waals surface area contributed by atoms with Crippen LogP contribution in [0.3, 0.4) is 0 Å². The van der Waals surface area contributed by atoms with Gasteiger partial charge in [0.25, 0.3) is 0 Å². The largest absolute Gasteiger partial charge is 0.0648 e. The standard InChI is InChI=1S/C16H30/c1-3-16(2,14-10-6-4-7-11-14)15-12-8-5-9-13-15/h14-15H,3-13H2,1-2H3. The summed E-state index contributed by atoms with van der Waals surface area (Å²) < 4.78 is 0. The van der Waals surface area contributed by atoms with Crippen molar-refractivity contribution in [1.29, 1.82) is 0 Å². The summed E-state index contributed by atoms with van der Waals surface area (Å²) >= 11 is 0. The zero-order valence-corrected chi connectivity index (χ0v) is 11.4. The molecule has 0 N–H and O–H groups in total. The minimum Gasteiger partial charge on any atom is -0.0648 e. The first-order chi connectivity index (χ1) is 7.77. The molecule has 16 heavy (non-hydrogen) atoms. The SMILES string of the molecule is CCC(C)(C1CCCCC1)C1CCCCC1. The fraction of sp³-hybridized carbons (Fsp3) is 1.00. The summed E-state index contributed by atoms with van der Waals surface area (Å²) in [6.07, 6.45) is 16.6. The summed E-state index contributed by atoms with van der Waals surface area (Å²) in [5, 5.41) is 0. The molecule has 0 radical (unpaired) electrons. The smallest absolute Gasteiger partial charge is 0.0272 e. The molecule has 0 bridgehead atoms. The summed E-state index contributed by atoms with van der Waals surface area (Å²) in [6, 6.07) is 0. The van der Waals surface area contributed by atoms with E-state index < -0.39 is 0 Å². The minimum atomic E-state index is 0.681. The second-order valence-corrected chi connectivity index (χ2v) is 6.53. The molecule has 0 spiro atoms. The summed E-state index contributed by atoms with van der Waals surface area (Å²) in [5.74, 6) is 2.10. The molecule has 0 heteroatoms. The van der Waals surface area contributed by atoms with E-state index in [-0.39, 0.29) is 0 Å². The highest BCUT2D eigenvalue weighted by Gasteiger charge is 2.40. The predicted octanol–water partition coefficient (Wildman–Crippen LogP) is 5.56. The third-order valence-corrected chi connectivity index (χ3v) is 5.84. The lowest BCUT2D eigenvalue weighted by molar-refractivity contribution is 0.0362. The zero-order valence-electron chi connectivity index (χ0n) is 11.4. The van der Waals surface area contributed by atoms with E-state index >= 15 is 0 Å². The average molecular weight is 222 g/mol. The maximum atomic E-state index is 2.62. The molecule has 0 amide bonds. The van der Waals surface area contributed by atoms with E-state index in [0.29, 0.717) is 5.41 Å². The molecule has 2 aliphatic carbocycles. The highest BCUT2D eigenvalue weighted by Crippen LogP contribution is 2.50.